The van der Waals surface area contributed by atoms with Crippen molar-refractivity contribution >= 4 is 27.7 Å². The predicted octanol–water partition coefficient (Wildman–Crippen LogP) is 5.53. The number of fused-ring (bicyclic) bond motifs is 1. The van der Waals surface area contributed by atoms with E-state index in [0.717, 1.165) is 41.9 Å². The van der Waals surface area contributed by atoms with Crippen molar-refractivity contribution in [3.8, 4) is 16.9 Å². The first-order chi connectivity index (χ1) is 14.5. The Labute approximate surface area is 192 Å². The molecule has 0 spiro atoms. The molecule has 1 aromatic heterocycles. The summed E-state index contributed by atoms with van der Waals surface area (Å²) in [5.41, 5.74) is 9.74. The third kappa shape index (κ3) is 5.39. The summed E-state index contributed by atoms with van der Waals surface area (Å²) >= 11 is 3.62. The summed E-state index contributed by atoms with van der Waals surface area (Å²) in [5, 5.41) is 0. The molecular weight excluding hydrogens is 460 g/mol. The van der Waals surface area contributed by atoms with Crippen molar-refractivity contribution in [2.75, 3.05) is 12.3 Å². The summed E-state index contributed by atoms with van der Waals surface area (Å²) in [6.07, 6.45) is 0.688. The number of aromatic nitrogens is 1. The fourth-order valence-corrected chi connectivity index (χ4v) is 4.24. The molecule has 1 aliphatic heterocycles. The second-order valence-electron chi connectivity index (χ2n) is 9.06. The number of nitrogens with two attached hydrogens (primary N) is 1. The lowest BCUT2D eigenvalue weighted by Gasteiger charge is -2.30. The van der Waals surface area contributed by atoms with Gasteiger partial charge in [0.1, 0.15) is 11.6 Å². The highest BCUT2D eigenvalue weighted by Gasteiger charge is 2.34. The zero-order valence-electron chi connectivity index (χ0n) is 19.0. The van der Waals surface area contributed by atoms with Crippen LogP contribution in [0.15, 0.2) is 22.7 Å². The number of pyridine rings is 1. The fourth-order valence-electron chi connectivity index (χ4n) is 3.71. The van der Waals surface area contributed by atoms with Gasteiger partial charge in [0.05, 0.1) is 22.8 Å². The minimum absolute atomic E-state index is 0.270. The number of benzene rings is 1. The smallest absolute Gasteiger partial charge is 0.340 e. The van der Waals surface area contributed by atoms with E-state index in [1.807, 2.05) is 53.7 Å². The van der Waals surface area contributed by atoms with Crippen molar-refractivity contribution in [2.45, 2.75) is 72.2 Å². The molecule has 168 valence electrons. The highest BCUT2D eigenvalue weighted by Crippen LogP contribution is 2.43. The molecule has 0 unspecified atom stereocenters. The van der Waals surface area contributed by atoms with Crippen LogP contribution in [0.4, 0.5) is 5.82 Å². The van der Waals surface area contributed by atoms with Crippen LogP contribution < -0.4 is 10.5 Å². The number of anilines is 1. The average molecular weight is 491 g/mol. The number of rotatable bonds is 5. The van der Waals surface area contributed by atoms with Gasteiger partial charge in [-0.3, -0.25) is 0 Å². The van der Waals surface area contributed by atoms with Crippen molar-refractivity contribution < 1.29 is 19.0 Å². The summed E-state index contributed by atoms with van der Waals surface area (Å²) in [5.74, 6) is 0.805. The number of hydrogen-bond acceptors (Lipinski definition) is 6. The fraction of sp³-hybridized carbons (Fsp3) is 0.500. The quantitative estimate of drug-likeness (QED) is 0.554. The van der Waals surface area contributed by atoms with Crippen molar-refractivity contribution in [2.24, 2.45) is 0 Å². The molecule has 0 saturated heterocycles. The van der Waals surface area contributed by atoms with Gasteiger partial charge in [0.2, 0.25) is 0 Å². The molecule has 7 heteroatoms. The van der Waals surface area contributed by atoms with E-state index in [1.165, 1.54) is 0 Å². The summed E-state index contributed by atoms with van der Waals surface area (Å²) in [6.45, 7) is 11.9. The molecule has 1 aromatic carbocycles. The van der Waals surface area contributed by atoms with E-state index in [-0.39, 0.29) is 6.10 Å². The summed E-state index contributed by atoms with van der Waals surface area (Å²) in [7, 11) is 0. The van der Waals surface area contributed by atoms with Crippen LogP contribution in [0, 0.1) is 6.92 Å². The second kappa shape index (κ2) is 9.17. The van der Waals surface area contributed by atoms with Crippen LogP contribution in [0.1, 0.15) is 64.0 Å². The molecule has 2 heterocycles. The third-order valence-electron chi connectivity index (χ3n) is 4.89. The Kier molecular flexibility index (Phi) is 6.96. The monoisotopic (exact) mass is 490 g/mol. The van der Waals surface area contributed by atoms with Crippen molar-refractivity contribution in [3.05, 3.63) is 39.5 Å². The summed E-state index contributed by atoms with van der Waals surface area (Å²) in [4.78, 5) is 17.6. The van der Waals surface area contributed by atoms with Gasteiger partial charge in [-0.1, -0.05) is 6.07 Å². The van der Waals surface area contributed by atoms with Gasteiger partial charge in [-0.25, -0.2) is 9.78 Å². The van der Waals surface area contributed by atoms with Crippen LogP contribution in [0.25, 0.3) is 11.1 Å². The Hall–Kier alpha value is -2.12. The van der Waals surface area contributed by atoms with E-state index in [4.69, 9.17) is 19.9 Å². The highest BCUT2D eigenvalue weighted by molar-refractivity contribution is 9.10. The van der Waals surface area contributed by atoms with E-state index >= 15 is 0 Å². The number of ether oxygens (including phenoxy) is 3. The molecular formula is C24H31BrN2O4. The van der Waals surface area contributed by atoms with Crippen molar-refractivity contribution in [1.29, 1.82) is 0 Å². The number of carbonyl (C=O) groups excluding carboxylic acids is 1. The Morgan fingerprint density at radius 2 is 2.00 bits per heavy atom. The lowest BCUT2D eigenvalue weighted by atomic mass is 9.92. The van der Waals surface area contributed by atoms with Crippen LogP contribution in [-0.2, 0) is 20.7 Å². The molecule has 0 saturated carbocycles. The highest BCUT2D eigenvalue weighted by atomic mass is 79.9. The topological polar surface area (TPSA) is 83.7 Å². The van der Waals surface area contributed by atoms with Crippen LogP contribution in [0.5, 0.6) is 5.75 Å². The lowest BCUT2D eigenvalue weighted by molar-refractivity contribution is -0.171. The molecule has 31 heavy (non-hydrogen) atoms. The van der Waals surface area contributed by atoms with Gasteiger partial charge in [-0.05, 0) is 93.6 Å². The van der Waals surface area contributed by atoms with E-state index in [2.05, 4.69) is 27.0 Å². The van der Waals surface area contributed by atoms with E-state index in [9.17, 15) is 4.79 Å². The second-order valence-corrected chi connectivity index (χ2v) is 9.85. The molecule has 0 aliphatic carbocycles. The third-order valence-corrected chi connectivity index (χ3v) is 5.69. The SMILES string of the molecule is Cc1nc(N)c(Br)c(-c2ccc3c(c2)CCCO3)c1[C@H](OC(C)(C)C)C(=O)OC(C)C. The van der Waals surface area contributed by atoms with Crippen LogP contribution >= 0.6 is 15.9 Å². The van der Waals surface area contributed by atoms with Gasteiger partial charge in [0, 0.05) is 16.8 Å². The van der Waals surface area contributed by atoms with Gasteiger partial charge in [-0.2, -0.15) is 0 Å². The zero-order valence-corrected chi connectivity index (χ0v) is 20.6. The molecule has 0 fully saturated rings. The molecule has 1 atom stereocenters. The first kappa shape index (κ1) is 23.5. The number of hydrogen-bond donors (Lipinski definition) is 1. The van der Waals surface area contributed by atoms with E-state index < -0.39 is 17.7 Å². The van der Waals surface area contributed by atoms with Gasteiger partial charge in [0.15, 0.2) is 6.10 Å². The number of carbonyl (C=O) groups is 1. The largest absolute Gasteiger partial charge is 0.493 e. The predicted molar refractivity (Wildman–Crippen MR) is 125 cm³/mol. The van der Waals surface area contributed by atoms with E-state index in [1.54, 1.807) is 0 Å². The Bertz CT molecular complexity index is 983. The number of aryl methyl sites for hydroxylation is 2. The normalized spacial score (nSPS) is 14.7. The maximum Gasteiger partial charge on any atom is 0.340 e. The summed E-state index contributed by atoms with van der Waals surface area (Å²) in [6, 6.07) is 6.05. The first-order valence-corrected chi connectivity index (χ1v) is 11.4. The molecule has 0 amide bonds. The van der Waals surface area contributed by atoms with Gasteiger partial charge in [-0.15, -0.1) is 0 Å². The van der Waals surface area contributed by atoms with Gasteiger partial charge in [0.25, 0.3) is 0 Å². The van der Waals surface area contributed by atoms with Crippen LogP contribution in [0.3, 0.4) is 0 Å². The molecule has 2 N–H and O–H groups in total. The average Bonchev–Trinajstić information content (AvgIpc) is 2.67. The van der Waals surface area contributed by atoms with Crippen LogP contribution in [-0.4, -0.2) is 29.3 Å². The van der Waals surface area contributed by atoms with Crippen LogP contribution in [0.2, 0.25) is 0 Å². The van der Waals surface area contributed by atoms with Crippen molar-refractivity contribution in [3.63, 3.8) is 0 Å². The molecule has 0 bridgehead atoms. The minimum Gasteiger partial charge on any atom is -0.493 e. The minimum atomic E-state index is -0.950. The van der Waals surface area contributed by atoms with Gasteiger partial charge >= 0.3 is 5.97 Å². The Morgan fingerprint density at radius 1 is 1.29 bits per heavy atom. The Morgan fingerprint density at radius 3 is 2.65 bits per heavy atom. The molecule has 3 rings (SSSR count). The molecule has 6 nitrogen and oxygen atoms in total. The number of nitrogen functional groups attached to an aromatic ring is 1. The number of halogens is 1. The summed E-state index contributed by atoms with van der Waals surface area (Å²) < 4.78 is 18.2. The maximum absolute atomic E-state index is 13.2. The number of esters is 1. The molecule has 0 radical (unpaired) electrons. The first-order valence-electron chi connectivity index (χ1n) is 10.6. The molecule has 1 aliphatic rings. The number of nitrogens with zero attached hydrogens (tertiary/aromatic N) is 1. The van der Waals surface area contributed by atoms with Crippen molar-refractivity contribution in [1.82, 2.24) is 4.98 Å². The standard InChI is InChI=1S/C24H31BrN2O4/c1-13(2)30-23(28)21(31-24(4,5)6)18-14(3)27-22(26)20(25)19(18)16-9-10-17-15(12-16)8-7-11-29-17/h9-10,12-13,21H,7-8,11H2,1-6H3,(H2,26,27)/t21-/m0/s1. The van der Waals surface area contributed by atoms with E-state index in [0.29, 0.717) is 21.5 Å². The maximum atomic E-state index is 13.2. The van der Waals surface area contributed by atoms with Gasteiger partial charge < -0.3 is 19.9 Å². The molecule has 2 aromatic rings. The zero-order chi connectivity index (χ0) is 22.9. The Balaban J connectivity index is 2.23. The lowest BCUT2D eigenvalue weighted by Crippen LogP contribution is -2.31.